The molecule has 0 N–H and O–H groups in total. The van der Waals surface area contributed by atoms with Gasteiger partial charge in [-0.25, -0.2) is 4.98 Å². The van der Waals surface area contributed by atoms with Crippen molar-refractivity contribution in [1.82, 2.24) is 24.1 Å². The van der Waals surface area contributed by atoms with Gasteiger partial charge in [-0.15, -0.1) is 0 Å². The third kappa shape index (κ3) is 1.81. The maximum Gasteiger partial charge on any atom is 0.266 e. The van der Waals surface area contributed by atoms with Crippen LogP contribution in [-0.4, -0.2) is 24.1 Å². The summed E-state index contributed by atoms with van der Waals surface area (Å²) in [6.45, 7) is 1.92. The van der Waals surface area contributed by atoms with Gasteiger partial charge in [-0.1, -0.05) is 17.7 Å². The predicted molar refractivity (Wildman–Crippen MR) is 83.6 cm³/mol. The van der Waals surface area contributed by atoms with Crippen LogP contribution in [0.2, 0.25) is 5.02 Å². The fourth-order valence-corrected chi connectivity index (χ4v) is 2.57. The van der Waals surface area contributed by atoms with E-state index in [0.29, 0.717) is 27.4 Å². The maximum atomic E-state index is 12.7. The molecule has 0 aliphatic heterocycles. The number of hydrogen-bond acceptors (Lipinski definition) is 4. The van der Waals surface area contributed by atoms with Gasteiger partial charge in [0, 0.05) is 17.4 Å². The molecule has 0 aliphatic rings. The van der Waals surface area contributed by atoms with Crippen LogP contribution in [0.1, 0.15) is 5.56 Å². The molecular formula is C15H10ClN5O. The van der Waals surface area contributed by atoms with Crippen LogP contribution >= 0.6 is 11.6 Å². The van der Waals surface area contributed by atoms with Crippen molar-refractivity contribution in [2.24, 2.45) is 0 Å². The number of nitrogens with zero attached hydrogens (tertiary/aromatic N) is 5. The molecule has 0 bridgehead atoms. The molecule has 7 heteroatoms. The number of aryl methyl sites for hydroxylation is 1. The van der Waals surface area contributed by atoms with E-state index in [-0.39, 0.29) is 5.56 Å². The van der Waals surface area contributed by atoms with E-state index in [1.165, 1.54) is 17.1 Å². The standard InChI is InChI=1S/C15H10ClN5O/c1-9-2-3-10(6-12(9)16)20-5-4-13-11(14(20)22)7-17-15-18-8-19-21(13)15/h2-8H,1H3. The number of halogens is 1. The molecule has 0 amide bonds. The van der Waals surface area contributed by atoms with Gasteiger partial charge in [-0.05, 0) is 30.7 Å². The lowest BCUT2D eigenvalue weighted by atomic mass is 10.2. The lowest BCUT2D eigenvalue weighted by molar-refractivity contribution is 0.957. The Kier molecular flexibility index (Phi) is 2.74. The summed E-state index contributed by atoms with van der Waals surface area (Å²) in [5, 5.41) is 5.18. The molecule has 3 aromatic heterocycles. The molecule has 0 spiro atoms. The van der Waals surface area contributed by atoms with Crippen molar-refractivity contribution >= 4 is 28.3 Å². The minimum atomic E-state index is -0.178. The Morgan fingerprint density at radius 1 is 1.18 bits per heavy atom. The largest absolute Gasteiger partial charge is 0.284 e. The van der Waals surface area contributed by atoms with E-state index >= 15 is 0 Å². The van der Waals surface area contributed by atoms with Gasteiger partial charge in [0.1, 0.15) is 6.33 Å². The molecule has 0 radical (unpaired) electrons. The quantitative estimate of drug-likeness (QED) is 0.541. The number of hydrogen-bond donors (Lipinski definition) is 0. The normalized spacial score (nSPS) is 11.4. The summed E-state index contributed by atoms with van der Waals surface area (Å²) < 4.78 is 3.08. The van der Waals surface area contributed by atoms with E-state index in [0.717, 1.165) is 5.56 Å². The number of pyridine rings is 1. The van der Waals surface area contributed by atoms with E-state index in [9.17, 15) is 4.79 Å². The van der Waals surface area contributed by atoms with Crippen LogP contribution in [0, 0.1) is 6.92 Å². The molecule has 3 heterocycles. The number of aromatic nitrogens is 5. The maximum absolute atomic E-state index is 12.7. The predicted octanol–water partition coefficient (Wildman–Crippen LogP) is 2.39. The SMILES string of the molecule is Cc1ccc(-n2ccc3c(cnc4ncnn43)c2=O)cc1Cl. The smallest absolute Gasteiger partial charge is 0.266 e. The molecule has 0 saturated heterocycles. The van der Waals surface area contributed by atoms with Crippen molar-refractivity contribution in [3.8, 4) is 5.69 Å². The summed E-state index contributed by atoms with van der Waals surface area (Å²) in [7, 11) is 0. The summed E-state index contributed by atoms with van der Waals surface area (Å²) in [4.78, 5) is 20.9. The van der Waals surface area contributed by atoms with E-state index in [4.69, 9.17) is 11.6 Å². The topological polar surface area (TPSA) is 65.1 Å². The Bertz CT molecular complexity index is 1080. The summed E-state index contributed by atoms with van der Waals surface area (Å²) in [6, 6.07) is 7.32. The second-order valence-electron chi connectivity index (χ2n) is 4.95. The molecule has 4 aromatic rings. The van der Waals surface area contributed by atoms with Gasteiger partial charge in [0.05, 0.1) is 16.6 Å². The van der Waals surface area contributed by atoms with Crippen LogP contribution in [0.3, 0.4) is 0 Å². The Hall–Kier alpha value is -2.73. The minimum Gasteiger partial charge on any atom is -0.284 e. The highest BCUT2D eigenvalue weighted by Gasteiger charge is 2.10. The second-order valence-corrected chi connectivity index (χ2v) is 5.36. The summed E-state index contributed by atoms with van der Waals surface area (Å²) >= 11 is 6.15. The highest BCUT2D eigenvalue weighted by atomic mass is 35.5. The van der Waals surface area contributed by atoms with Gasteiger partial charge < -0.3 is 0 Å². The van der Waals surface area contributed by atoms with Gasteiger partial charge in [0.2, 0.25) is 0 Å². The van der Waals surface area contributed by atoms with Crippen molar-refractivity contribution < 1.29 is 0 Å². The lowest BCUT2D eigenvalue weighted by Crippen LogP contribution is -2.18. The van der Waals surface area contributed by atoms with E-state index in [1.54, 1.807) is 16.8 Å². The average molecular weight is 312 g/mol. The Labute approximate surface area is 129 Å². The Morgan fingerprint density at radius 2 is 2.05 bits per heavy atom. The molecule has 6 nitrogen and oxygen atoms in total. The molecule has 1 aromatic carbocycles. The van der Waals surface area contributed by atoms with Gasteiger partial charge in [-0.3, -0.25) is 9.36 Å². The van der Waals surface area contributed by atoms with Gasteiger partial charge in [-0.2, -0.15) is 14.6 Å². The number of rotatable bonds is 1. The van der Waals surface area contributed by atoms with Crippen molar-refractivity contribution in [3.05, 3.63) is 63.9 Å². The minimum absolute atomic E-state index is 0.178. The van der Waals surface area contributed by atoms with Crippen molar-refractivity contribution in [1.29, 1.82) is 0 Å². The molecule has 0 unspecified atom stereocenters. The van der Waals surface area contributed by atoms with Crippen molar-refractivity contribution in [2.75, 3.05) is 0 Å². The first-order valence-corrected chi connectivity index (χ1v) is 6.99. The first kappa shape index (κ1) is 13.0. The van der Waals surface area contributed by atoms with Gasteiger partial charge >= 0.3 is 0 Å². The third-order valence-corrected chi connectivity index (χ3v) is 4.01. The van der Waals surface area contributed by atoms with Crippen LogP contribution < -0.4 is 5.56 Å². The average Bonchev–Trinajstić information content (AvgIpc) is 2.99. The molecule has 0 saturated carbocycles. The van der Waals surface area contributed by atoms with Gasteiger partial charge in [0.25, 0.3) is 11.3 Å². The van der Waals surface area contributed by atoms with Crippen molar-refractivity contribution in [2.45, 2.75) is 6.92 Å². The molecule has 108 valence electrons. The highest BCUT2D eigenvalue weighted by molar-refractivity contribution is 6.31. The Balaban J connectivity index is 2.03. The molecular weight excluding hydrogens is 302 g/mol. The fourth-order valence-electron chi connectivity index (χ4n) is 2.40. The molecule has 0 fully saturated rings. The molecule has 0 atom stereocenters. The summed E-state index contributed by atoms with van der Waals surface area (Å²) in [6.07, 6.45) is 4.63. The summed E-state index contributed by atoms with van der Waals surface area (Å²) in [5.74, 6) is 0.461. The van der Waals surface area contributed by atoms with Crippen molar-refractivity contribution in [3.63, 3.8) is 0 Å². The Morgan fingerprint density at radius 3 is 2.86 bits per heavy atom. The fraction of sp³-hybridized carbons (Fsp3) is 0.0667. The second kappa shape index (κ2) is 4.64. The molecule has 22 heavy (non-hydrogen) atoms. The monoisotopic (exact) mass is 311 g/mol. The number of benzene rings is 1. The van der Waals surface area contributed by atoms with Crippen LogP contribution in [0.4, 0.5) is 0 Å². The first-order valence-electron chi connectivity index (χ1n) is 6.62. The van der Waals surface area contributed by atoms with Crippen LogP contribution in [0.25, 0.3) is 22.4 Å². The van der Waals surface area contributed by atoms with Crippen LogP contribution in [0.15, 0.2) is 47.8 Å². The lowest BCUT2D eigenvalue weighted by Gasteiger charge is -2.09. The highest BCUT2D eigenvalue weighted by Crippen LogP contribution is 2.19. The zero-order valence-electron chi connectivity index (χ0n) is 11.6. The zero-order chi connectivity index (χ0) is 15.3. The summed E-state index contributed by atoms with van der Waals surface area (Å²) in [5.41, 5.74) is 2.16. The van der Waals surface area contributed by atoms with E-state index < -0.39 is 0 Å². The van der Waals surface area contributed by atoms with E-state index in [1.807, 2.05) is 25.1 Å². The van der Waals surface area contributed by atoms with E-state index in [2.05, 4.69) is 15.1 Å². The number of fused-ring (bicyclic) bond motifs is 3. The van der Waals surface area contributed by atoms with Gasteiger partial charge in [0.15, 0.2) is 0 Å². The van der Waals surface area contributed by atoms with Crippen LogP contribution in [0.5, 0.6) is 0 Å². The third-order valence-electron chi connectivity index (χ3n) is 3.61. The first-order chi connectivity index (χ1) is 10.6. The molecule has 4 rings (SSSR count). The van der Waals surface area contributed by atoms with Crippen LogP contribution in [-0.2, 0) is 0 Å². The zero-order valence-corrected chi connectivity index (χ0v) is 12.3. The molecule has 0 aliphatic carbocycles.